The van der Waals surface area contributed by atoms with Gasteiger partial charge in [0.1, 0.15) is 12.4 Å². The molecule has 1 amide bonds. The van der Waals surface area contributed by atoms with Crippen LogP contribution in [0.5, 0.6) is 5.75 Å². The third-order valence-corrected chi connectivity index (χ3v) is 7.08. The molecule has 156 valence electrons. The fraction of sp³-hybridized carbons (Fsp3) is 0.381. The molecule has 1 heterocycles. The van der Waals surface area contributed by atoms with E-state index < -0.39 is 10.0 Å². The molecule has 1 saturated heterocycles. The highest BCUT2D eigenvalue weighted by molar-refractivity contribution is 7.89. The summed E-state index contributed by atoms with van der Waals surface area (Å²) in [5, 5.41) is 3.47. The molecule has 29 heavy (non-hydrogen) atoms. The average molecular weight is 437 g/mol. The number of halogens is 1. The van der Waals surface area contributed by atoms with Crippen LogP contribution >= 0.6 is 11.6 Å². The second-order valence-electron chi connectivity index (χ2n) is 6.87. The number of rotatable bonds is 9. The van der Waals surface area contributed by atoms with Crippen molar-refractivity contribution in [1.29, 1.82) is 0 Å². The topological polar surface area (TPSA) is 75.7 Å². The zero-order valence-electron chi connectivity index (χ0n) is 16.1. The van der Waals surface area contributed by atoms with E-state index >= 15 is 0 Å². The smallest absolute Gasteiger partial charge is 0.243 e. The molecule has 0 radical (unpaired) electrons. The molecule has 2 aromatic carbocycles. The van der Waals surface area contributed by atoms with Crippen LogP contribution in [0.4, 0.5) is 0 Å². The second-order valence-corrected chi connectivity index (χ2v) is 9.22. The van der Waals surface area contributed by atoms with Gasteiger partial charge in [0.15, 0.2) is 0 Å². The number of amides is 1. The Hall–Kier alpha value is -2.09. The van der Waals surface area contributed by atoms with Gasteiger partial charge in [-0.3, -0.25) is 4.79 Å². The molecule has 0 bridgehead atoms. The van der Waals surface area contributed by atoms with Gasteiger partial charge >= 0.3 is 0 Å². The predicted octanol–water partition coefficient (Wildman–Crippen LogP) is 3.25. The summed E-state index contributed by atoms with van der Waals surface area (Å²) < 4.78 is 32.1. The molecule has 0 unspecified atom stereocenters. The molecule has 1 aliphatic rings. The SMILES string of the molecule is O=C(CCc1ccccc1Cl)NCCOc1ccc(S(=O)(=O)N2CCCC2)cc1. The first-order chi connectivity index (χ1) is 14.0. The molecule has 8 heteroatoms. The molecule has 0 spiro atoms. The summed E-state index contributed by atoms with van der Waals surface area (Å²) >= 11 is 6.09. The number of hydrogen-bond acceptors (Lipinski definition) is 4. The lowest BCUT2D eigenvalue weighted by molar-refractivity contribution is -0.121. The normalized spacial score (nSPS) is 14.7. The fourth-order valence-electron chi connectivity index (χ4n) is 3.18. The van der Waals surface area contributed by atoms with Crippen molar-refractivity contribution in [3.05, 3.63) is 59.1 Å². The number of nitrogens with one attached hydrogen (secondary N) is 1. The van der Waals surface area contributed by atoms with E-state index in [-0.39, 0.29) is 10.8 Å². The minimum atomic E-state index is -3.41. The highest BCUT2D eigenvalue weighted by Crippen LogP contribution is 2.23. The fourth-order valence-corrected chi connectivity index (χ4v) is 4.93. The van der Waals surface area contributed by atoms with E-state index in [0.717, 1.165) is 18.4 Å². The van der Waals surface area contributed by atoms with E-state index in [1.165, 1.54) is 4.31 Å². The molecular formula is C21H25ClN2O4S. The van der Waals surface area contributed by atoms with Crippen LogP contribution in [0.3, 0.4) is 0 Å². The quantitative estimate of drug-likeness (QED) is 0.612. The lowest BCUT2D eigenvalue weighted by Crippen LogP contribution is -2.28. The van der Waals surface area contributed by atoms with Crippen molar-refractivity contribution >= 4 is 27.5 Å². The van der Waals surface area contributed by atoms with E-state index in [1.54, 1.807) is 24.3 Å². The summed E-state index contributed by atoms with van der Waals surface area (Å²) in [6, 6.07) is 13.9. The maximum atomic E-state index is 12.5. The third kappa shape index (κ3) is 5.95. The third-order valence-electron chi connectivity index (χ3n) is 4.80. The lowest BCUT2D eigenvalue weighted by Gasteiger charge is -2.15. The first-order valence-electron chi connectivity index (χ1n) is 9.70. The lowest BCUT2D eigenvalue weighted by atomic mass is 10.1. The Kier molecular flexibility index (Phi) is 7.52. The van der Waals surface area contributed by atoms with Gasteiger partial charge in [-0.2, -0.15) is 4.31 Å². The van der Waals surface area contributed by atoms with Crippen LogP contribution in [0.2, 0.25) is 5.02 Å². The number of sulfonamides is 1. The summed E-state index contributed by atoms with van der Waals surface area (Å²) in [5.74, 6) is 0.497. The standard InChI is InChI=1S/C21H25ClN2O4S/c22-20-6-2-1-5-17(20)7-12-21(25)23-13-16-28-18-8-10-19(11-9-18)29(26,27)24-14-3-4-15-24/h1-2,5-6,8-11H,3-4,7,12-16H2,(H,23,25). The Balaban J connectivity index is 1.39. The monoisotopic (exact) mass is 436 g/mol. The number of aryl methyl sites for hydroxylation is 1. The van der Waals surface area contributed by atoms with Gasteiger partial charge in [-0.05, 0) is 55.2 Å². The zero-order chi connectivity index (χ0) is 20.7. The largest absolute Gasteiger partial charge is 0.492 e. The molecule has 1 fully saturated rings. The number of nitrogens with zero attached hydrogens (tertiary/aromatic N) is 1. The maximum Gasteiger partial charge on any atom is 0.243 e. The number of benzene rings is 2. The Bertz CT molecular complexity index is 926. The van der Waals surface area contributed by atoms with Gasteiger partial charge in [0.25, 0.3) is 0 Å². The molecule has 0 aliphatic carbocycles. The van der Waals surface area contributed by atoms with E-state index in [2.05, 4.69) is 5.32 Å². The van der Waals surface area contributed by atoms with E-state index in [9.17, 15) is 13.2 Å². The molecule has 2 aromatic rings. The molecule has 6 nitrogen and oxygen atoms in total. The molecule has 1 N–H and O–H groups in total. The van der Waals surface area contributed by atoms with Gasteiger partial charge in [0, 0.05) is 24.5 Å². The molecule has 0 aromatic heterocycles. The van der Waals surface area contributed by atoms with E-state index in [1.807, 2.05) is 24.3 Å². The average Bonchev–Trinajstić information content (AvgIpc) is 3.27. The number of hydrogen-bond donors (Lipinski definition) is 1. The molecule has 1 aliphatic heterocycles. The summed E-state index contributed by atoms with van der Waals surface area (Å²) in [5.41, 5.74) is 0.949. The second kappa shape index (κ2) is 10.1. The van der Waals surface area contributed by atoms with Crippen LogP contribution in [0.25, 0.3) is 0 Å². The number of carbonyl (C=O) groups excluding carboxylic acids is 1. The number of carbonyl (C=O) groups is 1. The first-order valence-corrected chi connectivity index (χ1v) is 11.5. The van der Waals surface area contributed by atoms with Gasteiger partial charge in [-0.25, -0.2) is 8.42 Å². The Morgan fingerprint density at radius 2 is 1.76 bits per heavy atom. The van der Waals surface area contributed by atoms with Gasteiger partial charge < -0.3 is 10.1 Å². The highest BCUT2D eigenvalue weighted by Gasteiger charge is 2.26. The minimum absolute atomic E-state index is 0.0689. The highest BCUT2D eigenvalue weighted by atomic mass is 35.5. The molecular weight excluding hydrogens is 412 g/mol. The Labute approximate surface area is 176 Å². The maximum absolute atomic E-state index is 12.5. The summed E-state index contributed by atoms with van der Waals surface area (Å²) in [6.45, 7) is 1.83. The van der Waals surface area contributed by atoms with Crippen LogP contribution in [-0.2, 0) is 21.2 Å². The van der Waals surface area contributed by atoms with Gasteiger partial charge in [0.2, 0.25) is 15.9 Å². The minimum Gasteiger partial charge on any atom is -0.492 e. The van der Waals surface area contributed by atoms with Gasteiger partial charge in [-0.1, -0.05) is 29.8 Å². The molecule has 3 rings (SSSR count). The number of ether oxygens (including phenoxy) is 1. The van der Waals surface area contributed by atoms with Crippen LogP contribution in [0, 0.1) is 0 Å². The van der Waals surface area contributed by atoms with Crippen LogP contribution < -0.4 is 10.1 Å². The zero-order valence-corrected chi connectivity index (χ0v) is 17.7. The van der Waals surface area contributed by atoms with Crippen molar-refractivity contribution in [2.75, 3.05) is 26.2 Å². The van der Waals surface area contributed by atoms with Crippen molar-refractivity contribution < 1.29 is 17.9 Å². The van der Waals surface area contributed by atoms with Crippen LogP contribution in [0.15, 0.2) is 53.4 Å². The van der Waals surface area contributed by atoms with Gasteiger partial charge in [-0.15, -0.1) is 0 Å². The van der Waals surface area contributed by atoms with Crippen molar-refractivity contribution in [2.24, 2.45) is 0 Å². The van der Waals surface area contributed by atoms with Crippen molar-refractivity contribution in [1.82, 2.24) is 9.62 Å². The molecule has 0 saturated carbocycles. The molecule has 0 atom stereocenters. The van der Waals surface area contributed by atoms with Crippen molar-refractivity contribution in [3.8, 4) is 5.75 Å². The van der Waals surface area contributed by atoms with Crippen LogP contribution in [-0.4, -0.2) is 44.9 Å². The van der Waals surface area contributed by atoms with Crippen molar-refractivity contribution in [3.63, 3.8) is 0 Å². The van der Waals surface area contributed by atoms with Crippen molar-refractivity contribution in [2.45, 2.75) is 30.6 Å². The Morgan fingerprint density at radius 1 is 1.07 bits per heavy atom. The summed E-state index contributed by atoms with van der Waals surface area (Å²) in [6.07, 6.45) is 2.75. The van der Waals surface area contributed by atoms with E-state index in [4.69, 9.17) is 16.3 Å². The summed E-state index contributed by atoms with van der Waals surface area (Å²) in [4.78, 5) is 12.2. The predicted molar refractivity (Wildman–Crippen MR) is 113 cm³/mol. The van der Waals surface area contributed by atoms with Gasteiger partial charge in [0.05, 0.1) is 11.4 Å². The Morgan fingerprint density at radius 3 is 2.45 bits per heavy atom. The van der Waals surface area contributed by atoms with Crippen LogP contribution in [0.1, 0.15) is 24.8 Å². The summed E-state index contributed by atoms with van der Waals surface area (Å²) in [7, 11) is -3.41. The van der Waals surface area contributed by atoms with E-state index in [0.29, 0.717) is 49.9 Å². The first kappa shape index (κ1) is 21.6.